The molecule has 1 heterocycles. The van der Waals surface area contributed by atoms with Crippen LogP contribution in [0.3, 0.4) is 0 Å². The normalized spacial score (nSPS) is 10.0. The predicted molar refractivity (Wildman–Crippen MR) is 78.2 cm³/mol. The summed E-state index contributed by atoms with van der Waals surface area (Å²) in [6.45, 7) is 1.42. The number of aromatic nitrogens is 2. The molecule has 0 aliphatic heterocycles. The van der Waals surface area contributed by atoms with E-state index in [-0.39, 0.29) is 17.2 Å². The van der Waals surface area contributed by atoms with Gasteiger partial charge in [-0.15, -0.1) is 0 Å². The highest BCUT2D eigenvalue weighted by Crippen LogP contribution is 2.14. The lowest BCUT2D eigenvalue weighted by Gasteiger charge is -2.07. The number of nitrogens with one attached hydrogen (secondary N) is 2. The van der Waals surface area contributed by atoms with Crippen LogP contribution in [0.1, 0.15) is 17.4 Å². The van der Waals surface area contributed by atoms with Gasteiger partial charge in [-0.3, -0.25) is 14.4 Å². The van der Waals surface area contributed by atoms with Crippen LogP contribution in [-0.2, 0) is 11.8 Å². The van der Waals surface area contributed by atoms with Crippen LogP contribution in [0.25, 0.3) is 0 Å². The maximum Gasteiger partial charge on any atom is 0.276 e. The average Bonchev–Trinajstić information content (AvgIpc) is 2.43. The van der Waals surface area contributed by atoms with Gasteiger partial charge < -0.3 is 10.6 Å². The lowest BCUT2D eigenvalue weighted by atomic mass is 10.2. The van der Waals surface area contributed by atoms with Crippen molar-refractivity contribution in [3.8, 4) is 0 Å². The van der Waals surface area contributed by atoms with Crippen LogP contribution in [0.2, 0.25) is 0 Å². The highest BCUT2D eigenvalue weighted by atomic mass is 16.2. The fourth-order valence-electron chi connectivity index (χ4n) is 1.66. The first kappa shape index (κ1) is 14.4. The summed E-state index contributed by atoms with van der Waals surface area (Å²) < 4.78 is 1.09. The van der Waals surface area contributed by atoms with E-state index in [9.17, 15) is 14.4 Å². The van der Waals surface area contributed by atoms with E-state index in [1.54, 1.807) is 24.3 Å². The summed E-state index contributed by atoms with van der Waals surface area (Å²) in [5, 5.41) is 9.15. The van der Waals surface area contributed by atoms with Gasteiger partial charge in [-0.2, -0.15) is 5.10 Å². The van der Waals surface area contributed by atoms with E-state index >= 15 is 0 Å². The molecule has 21 heavy (non-hydrogen) atoms. The Morgan fingerprint density at radius 3 is 2.10 bits per heavy atom. The number of nitrogens with zero attached hydrogens (tertiary/aromatic N) is 2. The molecule has 108 valence electrons. The van der Waals surface area contributed by atoms with E-state index in [2.05, 4.69) is 15.7 Å². The number of carbonyl (C=O) groups is 2. The first-order chi connectivity index (χ1) is 9.95. The number of rotatable bonds is 3. The Morgan fingerprint density at radius 1 is 1.00 bits per heavy atom. The molecule has 0 radical (unpaired) electrons. The molecule has 0 unspecified atom stereocenters. The lowest BCUT2D eigenvalue weighted by molar-refractivity contribution is -0.114. The van der Waals surface area contributed by atoms with E-state index < -0.39 is 5.91 Å². The van der Waals surface area contributed by atoms with Crippen molar-refractivity contribution >= 4 is 23.2 Å². The van der Waals surface area contributed by atoms with Gasteiger partial charge in [0.1, 0.15) is 5.69 Å². The smallest absolute Gasteiger partial charge is 0.276 e. The van der Waals surface area contributed by atoms with Crippen LogP contribution >= 0.6 is 0 Å². The van der Waals surface area contributed by atoms with Crippen molar-refractivity contribution in [2.24, 2.45) is 7.05 Å². The fraction of sp³-hybridized carbons (Fsp3) is 0.143. The molecule has 0 aliphatic carbocycles. The van der Waals surface area contributed by atoms with Crippen LogP contribution < -0.4 is 16.2 Å². The Labute approximate surface area is 120 Å². The summed E-state index contributed by atoms with van der Waals surface area (Å²) in [6, 6.07) is 9.30. The summed E-state index contributed by atoms with van der Waals surface area (Å²) in [5.41, 5.74) is 1.06. The van der Waals surface area contributed by atoms with Crippen LogP contribution in [0.15, 0.2) is 41.2 Å². The molecule has 1 aromatic heterocycles. The number of hydrogen-bond acceptors (Lipinski definition) is 4. The van der Waals surface area contributed by atoms with Gasteiger partial charge in [0.05, 0.1) is 0 Å². The van der Waals surface area contributed by atoms with Gasteiger partial charge in [0, 0.05) is 31.4 Å². The monoisotopic (exact) mass is 286 g/mol. The van der Waals surface area contributed by atoms with Crippen molar-refractivity contribution in [2.75, 3.05) is 10.6 Å². The largest absolute Gasteiger partial charge is 0.326 e. The molecule has 2 N–H and O–H groups in total. The van der Waals surface area contributed by atoms with Crippen LogP contribution in [-0.4, -0.2) is 21.6 Å². The number of aryl methyl sites for hydroxylation is 1. The molecule has 0 spiro atoms. The minimum atomic E-state index is -0.419. The Hall–Kier alpha value is -2.96. The quantitative estimate of drug-likeness (QED) is 0.880. The molecule has 1 aromatic carbocycles. The number of amides is 2. The molecule has 7 nitrogen and oxygen atoms in total. The Kier molecular flexibility index (Phi) is 4.13. The summed E-state index contributed by atoms with van der Waals surface area (Å²) in [5.74, 6) is -0.584. The standard InChI is InChI=1S/C14H14N4O3/c1-9(19)15-10-3-5-11(6-4-10)16-14(21)12-7-8-13(20)18(2)17-12/h3-8H,1-2H3,(H,15,19)(H,16,21). The van der Waals surface area contributed by atoms with Gasteiger partial charge in [0.15, 0.2) is 0 Å². The highest BCUT2D eigenvalue weighted by Gasteiger charge is 2.09. The summed E-state index contributed by atoms with van der Waals surface area (Å²) in [4.78, 5) is 34.1. The Balaban J connectivity index is 2.10. The first-order valence-corrected chi connectivity index (χ1v) is 6.19. The van der Waals surface area contributed by atoms with Gasteiger partial charge in [-0.25, -0.2) is 4.68 Å². The minimum Gasteiger partial charge on any atom is -0.326 e. The molecule has 0 fully saturated rings. The van der Waals surface area contributed by atoms with E-state index in [4.69, 9.17) is 0 Å². The second-order valence-corrected chi connectivity index (χ2v) is 4.39. The fourth-order valence-corrected chi connectivity index (χ4v) is 1.66. The van der Waals surface area contributed by atoms with E-state index in [1.165, 1.54) is 26.1 Å². The molecular weight excluding hydrogens is 272 g/mol. The number of hydrogen-bond donors (Lipinski definition) is 2. The highest BCUT2D eigenvalue weighted by molar-refractivity contribution is 6.02. The Morgan fingerprint density at radius 2 is 1.57 bits per heavy atom. The molecule has 0 aliphatic rings. The summed E-state index contributed by atoms with van der Waals surface area (Å²) in [7, 11) is 1.47. The molecule has 7 heteroatoms. The van der Waals surface area contributed by atoms with Crippen molar-refractivity contribution in [3.05, 3.63) is 52.4 Å². The maximum atomic E-state index is 12.0. The second-order valence-electron chi connectivity index (χ2n) is 4.39. The third kappa shape index (κ3) is 3.75. The van der Waals surface area contributed by atoms with Gasteiger partial charge >= 0.3 is 0 Å². The molecular formula is C14H14N4O3. The molecule has 2 amide bonds. The van der Waals surface area contributed by atoms with Crippen molar-refractivity contribution in [3.63, 3.8) is 0 Å². The van der Waals surface area contributed by atoms with E-state index in [0.29, 0.717) is 11.4 Å². The first-order valence-electron chi connectivity index (χ1n) is 6.19. The predicted octanol–water partition coefficient (Wildman–Crippen LogP) is 0.991. The Bertz CT molecular complexity index is 735. The zero-order valence-corrected chi connectivity index (χ0v) is 11.6. The van der Waals surface area contributed by atoms with Crippen LogP contribution in [0.4, 0.5) is 11.4 Å². The number of anilines is 2. The van der Waals surface area contributed by atoms with Crippen molar-refractivity contribution in [1.82, 2.24) is 9.78 Å². The van der Waals surface area contributed by atoms with Gasteiger partial charge in [0.2, 0.25) is 5.91 Å². The molecule has 0 atom stereocenters. The molecule has 2 aromatic rings. The molecule has 2 rings (SSSR count). The summed E-state index contributed by atoms with van der Waals surface area (Å²) >= 11 is 0. The second kappa shape index (κ2) is 6.00. The zero-order valence-electron chi connectivity index (χ0n) is 11.6. The van der Waals surface area contributed by atoms with Gasteiger partial charge in [-0.05, 0) is 30.3 Å². The molecule has 0 bridgehead atoms. The third-order valence-corrected chi connectivity index (χ3v) is 2.66. The minimum absolute atomic E-state index is 0.142. The average molecular weight is 286 g/mol. The van der Waals surface area contributed by atoms with Gasteiger partial charge in [0.25, 0.3) is 11.5 Å². The van der Waals surface area contributed by atoms with Crippen molar-refractivity contribution < 1.29 is 9.59 Å². The number of carbonyl (C=O) groups excluding carboxylic acids is 2. The van der Waals surface area contributed by atoms with Gasteiger partial charge in [-0.1, -0.05) is 0 Å². The number of benzene rings is 1. The van der Waals surface area contributed by atoms with E-state index in [0.717, 1.165) is 4.68 Å². The van der Waals surface area contributed by atoms with E-state index in [1.807, 2.05) is 0 Å². The van der Waals surface area contributed by atoms with Crippen molar-refractivity contribution in [2.45, 2.75) is 6.92 Å². The summed E-state index contributed by atoms with van der Waals surface area (Å²) in [6.07, 6.45) is 0. The molecule has 0 saturated heterocycles. The maximum absolute atomic E-state index is 12.0. The SMILES string of the molecule is CC(=O)Nc1ccc(NC(=O)c2ccc(=O)n(C)n2)cc1. The van der Waals surface area contributed by atoms with Crippen LogP contribution in [0, 0.1) is 0 Å². The lowest BCUT2D eigenvalue weighted by Crippen LogP contribution is -2.23. The van der Waals surface area contributed by atoms with Crippen molar-refractivity contribution in [1.29, 1.82) is 0 Å². The third-order valence-electron chi connectivity index (χ3n) is 2.66. The topological polar surface area (TPSA) is 93.1 Å². The van der Waals surface area contributed by atoms with Crippen LogP contribution in [0.5, 0.6) is 0 Å². The molecule has 0 saturated carbocycles. The zero-order chi connectivity index (χ0) is 15.4.